The Morgan fingerprint density at radius 2 is 1.75 bits per heavy atom. The molecule has 1 rings (SSSR count). The van der Waals surface area contributed by atoms with Crippen LogP contribution in [0.1, 0.15) is 33.3 Å². The molecule has 162 valence electrons. The lowest BCUT2D eigenvalue weighted by Gasteiger charge is -2.18. The zero-order chi connectivity index (χ0) is 20.5. The second-order valence-corrected chi connectivity index (χ2v) is 9.92. The number of rotatable bonds is 9. The molecule has 2 N–H and O–H groups in total. The Morgan fingerprint density at radius 3 is 2.29 bits per heavy atom. The van der Waals surface area contributed by atoms with Crippen LogP contribution in [0.2, 0.25) is 0 Å². The van der Waals surface area contributed by atoms with Crippen LogP contribution in [0.4, 0.5) is 0 Å². The molecule has 0 fully saturated rings. The summed E-state index contributed by atoms with van der Waals surface area (Å²) < 4.78 is 34.1. The molecule has 0 heterocycles. The van der Waals surface area contributed by atoms with Crippen molar-refractivity contribution < 1.29 is 17.9 Å². The summed E-state index contributed by atoms with van der Waals surface area (Å²) >= 11 is 0. The third-order valence-corrected chi connectivity index (χ3v) is 6.65. The van der Waals surface area contributed by atoms with Gasteiger partial charge in [-0.15, -0.1) is 24.0 Å². The molecule has 0 unspecified atom stereocenters. The minimum absolute atomic E-state index is 0. The van der Waals surface area contributed by atoms with Crippen molar-refractivity contribution in [2.24, 2.45) is 4.99 Å². The second kappa shape index (κ2) is 12.4. The fourth-order valence-electron chi connectivity index (χ4n) is 2.29. The first-order valence-electron chi connectivity index (χ1n) is 9.10. The van der Waals surface area contributed by atoms with Crippen LogP contribution in [-0.4, -0.2) is 58.7 Å². The summed E-state index contributed by atoms with van der Waals surface area (Å²) in [6.07, 6.45) is 0.769. The van der Waals surface area contributed by atoms with E-state index in [4.69, 9.17) is 9.47 Å². The average molecular weight is 527 g/mol. The van der Waals surface area contributed by atoms with Crippen molar-refractivity contribution in [2.75, 3.05) is 39.6 Å². The zero-order valence-electron chi connectivity index (χ0n) is 17.7. The van der Waals surface area contributed by atoms with E-state index >= 15 is 0 Å². The fraction of sp³-hybridized carbons (Fsp3) is 0.632. The number of benzene rings is 1. The monoisotopic (exact) mass is 527 g/mol. The first-order chi connectivity index (χ1) is 12.6. The van der Waals surface area contributed by atoms with Gasteiger partial charge in [0.2, 0.25) is 0 Å². The lowest BCUT2D eigenvalue weighted by Crippen LogP contribution is -2.39. The SMILES string of the molecule is CCNC(=NCCS(=O)(=O)C(C)(C)C)NCCc1ccc(OC)c(OC)c1.I. The Hall–Kier alpha value is -1.23. The molecule has 9 heteroatoms. The molecular weight excluding hydrogens is 493 g/mol. The van der Waals surface area contributed by atoms with Gasteiger partial charge in [-0.2, -0.15) is 0 Å². The van der Waals surface area contributed by atoms with E-state index in [1.165, 1.54) is 0 Å². The first-order valence-corrected chi connectivity index (χ1v) is 10.7. The third kappa shape index (κ3) is 8.42. The molecule has 0 saturated carbocycles. The van der Waals surface area contributed by atoms with Crippen LogP contribution < -0.4 is 20.1 Å². The Labute approximate surface area is 186 Å². The summed E-state index contributed by atoms with van der Waals surface area (Å²) in [5.41, 5.74) is 1.10. The molecule has 28 heavy (non-hydrogen) atoms. The second-order valence-electron chi connectivity index (χ2n) is 7.06. The minimum atomic E-state index is -3.17. The first kappa shape index (κ1) is 26.8. The molecule has 0 aliphatic rings. The molecular formula is C19H34IN3O4S. The van der Waals surface area contributed by atoms with Crippen LogP contribution >= 0.6 is 24.0 Å². The van der Waals surface area contributed by atoms with E-state index in [-0.39, 0.29) is 36.3 Å². The summed E-state index contributed by atoms with van der Waals surface area (Å²) in [5.74, 6) is 2.04. The Morgan fingerprint density at radius 1 is 1.11 bits per heavy atom. The molecule has 0 spiro atoms. The van der Waals surface area contributed by atoms with Gasteiger partial charge in [0.15, 0.2) is 27.3 Å². The third-order valence-electron chi connectivity index (χ3n) is 4.06. The van der Waals surface area contributed by atoms with Gasteiger partial charge in [0, 0.05) is 13.1 Å². The van der Waals surface area contributed by atoms with E-state index in [1.807, 2.05) is 25.1 Å². The van der Waals surface area contributed by atoms with Gasteiger partial charge in [-0.1, -0.05) is 6.07 Å². The summed E-state index contributed by atoms with van der Waals surface area (Å²) in [5, 5.41) is 6.37. The lowest BCUT2D eigenvalue weighted by atomic mass is 10.1. The van der Waals surface area contributed by atoms with Crippen LogP contribution in [0, 0.1) is 0 Å². The van der Waals surface area contributed by atoms with Crippen LogP contribution in [0.15, 0.2) is 23.2 Å². The van der Waals surface area contributed by atoms with E-state index in [0.29, 0.717) is 30.5 Å². The fourth-order valence-corrected chi connectivity index (χ4v) is 3.23. The summed E-state index contributed by atoms with van der Waals surface area (Å²) in [6.45, 7) is 8.68. The number of sulfone groups is 1. The Balaban J connectivity index is 0.00000729. The molecule has 0 bridgehead atoms. The standard InChI is InChI=1S/C19H33N3O4S.HI/c1-7-20-18(22-12-13-27(23,24)19(2,3)4)21-11-10-15-8-9-16(25-5)17(14-15)26-6;/h8-9,14H,7,10-13H2,1-6H3,(H2,20,21,22);1H. The van der Waals surface area contributed by atoms with Gasteiger partial charge in [0.1, 0.15) is 0 Å². The Kier molecular flexibility index (Phi) is 11.8. The molecule has 0 aliphatic carbocycles. The van der Waals surface area contributed by atoms with Crippen molar-refractivity contribution in [1.29, 1.82) is 0 Å². The van der Waals surface area contributed by atoms with Crippen molar-refractivity contribution >= 4 is 39.8 Å². The Bertz CT molecular complexity index is 731. The maximum atomic E-state index is 12.2. The van der Waals surface area contributed by atoms with Gasteiger partial charge >= 0.3 is 0 Å². The number of halogens is 1. The average Bonchev–Trinajstić information content (AvgIpc) is 2.60. The number of hydrogen-bond donors (Lipinski definition) is 2. The molecule has 0 radical (unpaired) electrons. The number of nitrogens with one attached hydrogen (secondary N) is 2. The van der Waals surface area contributed by atoms with Crippen LogP contribution in [0.5, 0.6) is 11.5 Å². The van der Waals surface area contributed by atoms with Crippen molar-refractivity contribution in [3.63, 3.8) is 0 Å². The highest BCUT2D eigenvalue weighted by Gasteiger charge is 2.28. The maximum absolute atomic E-state index is 12.2. The number of aliphatic imine (C=N–C) groups is 1. The van der Waals surface area contributed by atoms with E-state index in [0.717, 1.165) is 12.0 Å². The highest BCUT2D eigenvalue weighted by atomic mass is 127. The number of methoxy groups -OCH3 is 2. The molecule has 7 nitrogen and oxygen atoms in total. The highest BCUT2D eigenvalue weighted by Crippen LogP contribution is 2.27. The van der Waals surface area contributed by atoms with E-state index < -0.39 is 14.6 Å². The molecule has 0 aromatic heterocycles. The molecule has 1 aromatic rings. The largest absolute Gasteiger partial charge is 0.493 e. The number of hydrogen-bond acceptors (Lipinski definition) is 5. The van der Waals surface area contributed by atoms with Gasteiger partial charge in [0.05, 0.1) is 31.3 Å². The van der Waals surface area contributed by atoms with Crippen molar-refractivity contribution in [1.82, 2.24) is 10.6 Å². The summed E-state index contributed by atoms with van der Waals surface area (Å²) in [7, 11) is 0.0472. The molecule has 0 amide bonds. The van der Waals surface area contributed by atoms with Gasteiger partial charge in [-0.25, -0.2) is 8.42 Å². The lowest BCUT2D eigenvalue weighted by molar-refractivity contribution is 0.354. The maximum Gasteiger partial charge on any atom is 0.191 e. The quantitative estimate of drug-likeness (QED) is 0.292. The van der Waals surface area contributed by atoms with E-state index in [2.05, 4.69) is 15.6 Å². The minimum Gasteiger partial charge on any atom is -0.493 e. The molecule has 0 aliphatic heterocycles. The number of nitrogens with zero attached hydrogens (tertiary/aromatic N) is 1. The molecule has 0 atom stereocenters. The van der Waals surface area contributed by atoms with Gasteiger partial charge in [-0.05, 0) is 51.8 Å². The van der Waals surface area contributed by atoms with E-state index in [9.17, 15) is 8.42 Å². The molecule has 0 saturated heterocycles. The number of guanidine groups is 1. The predicted octanol–water partition coefficient (Wildman–Crippen LogP) is 2.63. The van der Waals surface area contributed by atoms with Crippen molar-refractivity contribution in [2.45, 2.75) is 38.9 Å². The van der Waals surface area contributed by atoms with Crippen LogP contribution in [-0.2, 0) is 16.3 Å². The highest BCUT2D eigenvalue weighted by molar-refractivity contribution is 14.0. The topological polar surface area (TPSA) is 89.0 Å². The zero-order valence-corrected chi connectivity index (χ0v) is 20.8. The van der Waals surface area contributed by atoms with Crippen molar-refractivity contribution in [3.8, 4) is 11.5 Å². The number of ether oxygens (including phenoxy) is 2. The van der Waals surface area contributed by atoms with Gasteiger partial charge < -0.3 is 20.1 Å². The van der Waals surface area contributed by atoms with E-state index in [1.54, 1.807) is 35.0 Å². The normalized spacial score (nSPS) is 12.1. The molecule has 1 aromatic carbocycles. The predicted molar refractivity (Wildman–Crippen MR) is 126 cm³/mol. The summed E-state index contributed by atoms with van der Waals surface area (Å²) in [4.78, 5) is 4.38. The van der Waals surface area contributed by atoms with Crippen LogP contribution in [0.3, 0.4) is 0 Å². The van der Waals surface area contributed by atoms with Crippen molar-refractivity contribution in [3.05, 3.63) is 23.8 Å². The van der Waals surface area contributed by atoms with Gasteiger partial charge in [0.25, 0.3) is 0 Å². The van der Waals surface area contributed by atoms with Crippen LogP contribution in [0.25, 0.3) is 0 Å². The van der Waals surface area contributed by atoms with Gasteiger partial charge in [-0.3, -0.25) is 4.99 Å². The summed E-state index contributed by atoms with van der Waals surface area (Å²) in [6, 6.07) is 5.81. The smallest absolute Gasteiger partial charge is 0.191 e.